The van der Waals surface area contributed by atoms with Crippen molar-refractivity contribution in [1.82, 2.24) is 4.31 Å². The third-order valence-electron chi connectivity index (χ3n) is 6.19. The highest BCUT2D eigenvalue weighted by Crippen LogP contribution is 2.36. The van der Waals surface area contributed by atoms with Crippen LogP contribution in [0.15, 0.2) is 35.2 Å². The molecule has 0 radical (unpaired) electrons. The fourth-order valence-corrected chi connectivity index (χ4v) is 6.03. The lowest BCUT2D eigenvalue weighted by molar-refractivity contribution is -0.123. The molecule has 2 amide bonds. The molecule has 2 aromatic rings. The number of ether oxygens (including phenoxy) is 2. The van der Waals surface area contributed by atoms with Gasteiger partial charge in [-0.25, -0.2) is 8.42 Å². The molecule has 4 rings (SSSR count). The highest BCUT2D eigenvalue weighted by Gasteiger charge is 2.35. The highest BCUT2D eigenvalue weighted by molar-refractivity contribution is 7.89. The Labute approximate surface area is 199 Å². The zero-order valence-corrected chi connectivity index (χ0v) is 20.5. The van der Waals surface area contributed by atoms with E-state index in [0.29, 0.717) is 47.8 Å². The first kappa shape index (κ1) is 24.0. The molecule has 0 spiro atoms. The number of amides is 2. The van der Waals surface area contributed by atoms with Crippen molar-refractivity contribution in [3.8, 4) is 11.5 Å². The first-order chi connectivity index (χ1) is 16.1. The van der Waals surface area contributed by atoms with Crippen LogP contribution in [-0.2, 0) is 19.6 Å². The van der Waals surface area contributed by atoms with E-state index < -0.39 is 22.0 Å². The summed E-state index contributed by atoms with van der Waals surface area (Å²) in [7, 11) is -2.35. The maximum Gasteiger partial charge on any atom is 0.265 e. The van der Waals surface area contributed by atoms with E-state index in [9.17, 15) is 18.0 Å². The van der Waals surface area contributed by atoms with Gasteiger partial charge in [-0.1, -0.05) is 6.07 Å². The second kappa shape index (κ2) is 9.27. The Hall–Kier alpha value is -3.11. The number of anilines is 2. The van der Waals surface area contributed by atoms with Crippen LogP contribution in [-0.4, -0.2) is 50.8 Å². The topological polar surface area (TPSA) is 114 Å². The summed E-state index contributed by atoms with van der Waals surface area (Å²) in [5.74, 6) is -0.162. The lowest BCUT2D eigenvalue weighted by Crippen LogP contribution is -2.44. The number of benzene rings is 2. The molecule has 0 aliphatic carbocycles. The van der Waals surface area contributed by atoms with Crippen LogP contribution in [0.5, 0.6) is 11.5 Å². The van der Waals surface area contributed by atoms with Gasteiger partial charge in [0.05, 0.1) is 29.3 Å². The summed E-state index contributed by atoms with van der Waals surface area (Å²) < 4.78 is 39.4. The van der Waals surface area contributed by atoms with Gasteiger partial charge in [-0.05, 0) is 62.9 Å². The van der Waals surface area contributed by atoms with Crippen LogP contribution in [0.2, 0.25) is 0 Å². The van der Waals surface area contributed by atoms with E-state index in [-0.39, 0.29) is 23.3 Å². The van der Waals surface area contributed by atoms with E-state index in [1.807, 2.05) is 19.1 Å². The van der Waals surface area contributed by atoms with Crippen molar-refractivity contribution in [2.45, 2.75) is 44.6 Å². The van der Waals surface area contributed by atoms with Crippen LogP contribution in [0.4, 0.5) is 11.4 Å². The molecule has 34 heavy (non-hydrogen) atoms. The molecule has 2 aliphatic heterocycles. The third-order valence-corrected chi connectivity index (χ3v) is 8.20. The average molecular weight is 488 g/mol. The van der Waals surface area contributed by atoms with Gasteiger partial charge in [0, 0.05) is 19.2 Å². The Morgan fingerprint density at radius 3 is 2.74 bits per heavy atom. The maximum absolute atomic E-state index is 13.5. The summed E-state index contributed by atoms with van der Waals surface area (Å²) in [4.78, 5) is 25.0. The first-order valence-electron chi connectivity index (χ1n) is 11.2. The van der Waals surface area contributed by atoms with Crippen LogP contribution in [0.3, 0.4) is 0 Å². The van der Waals surface area contributed by atoms with Gasteiger partial charge < -0.3 is 20.1 Å². The lowest BCUT2D eigenvalue weighted by atomic mass is 9.98. The highest BCUT2D eigenvalue weighted by atomic mass is 32.2. The van der Waals surface area contributed by atoms with E-state index in [1.54, 1.807) is 26.0 Å². The van der Waals surface area contributed by atoms with Gasteiger partial charge in [-0.2, -0.15) is 4.31 Å². The Morgan fingerprint density at radius 1 is 1.24 bits per heavy atom. The second-order valence-corrected chi connectivity index (χ2v) is 10.7. The minimum atomic E-state index is -3.88. The molecule has 182 valence electrons. The van der Waals surface area contributed by atoms with Crippen LogP contribution in [0.1, 0.15) is 30.9 Å². The number of fused-ring (bicyclic) bond motifs is 1. The predicted octanol–water partition coefficient (Wildman–Crippen LogP) is 3.07. The summed E-state index contributed by atoms with van der Waals surface area (Å²) in [6.45, 7) is 5.59. The number of hydrogen-bond donors (Lipinski definition) is 2. The van der Waals surface area contributed by atoms with Crippen molar-refractivity contribution >= 4 is 33.2 Å². The van der Waals surface area contributed by atoms with Crippen molar-refractivity contribution in [3.63, 3.8) is 0 Å². The van der Waals surface area contributed by atoms with Crippen LogP contribution < -0.4 is 20.1 Å². The lowest BCUT2D eigenvalue weighted by Gasteiger charge is -2.32. The minimum absolute atomic E-state index is 0.0762. The van der Waals surface area contributed by atoms with E-state index in [4.69, 9.17) is 9.47 Å². The largest absolute Gasteiger partial charge is 0.495 e. The summed E-state index contributed by atoms with van der Waals surface area (Å²) in [5, 5.41) is 5.63. The molecule has 9 nitrogen and oxygen atoms in total. The van der Waals surface area contributed by atoms with Crippen molar-refractivity contribution in [2.24, 2.45) is 5.92 Å². The van der Waals surface area contributed by atoms with E-state index in [1.165, 1.54) is 17.5 Å². The molecule has 10 heteroatoms. The molecule has 2 atom stereocenters. The molecular formula is C24H29N3O6S. The number of methoxy groups -OCH3 is 1. The van der Waals surface area contributed by atoms with Crippen molar-refractivity contribution in [3.05, 3.63) is 41.5 Å². The van der Waals surface area contributed by atoms with Crippen molar-refractivity contribution in [1.29, 1.82) is 0 Å². The monoisotopic (exact) mass is 487 g/mol. The molecule has 0 aromatic heterocycles. The van der Waals surface area contributed by atoms with Gasteiger partial charge in [0.2, 0.25) is 15.9 Å². The van der Waals surface area contributed by atoms with Gasteiger partial charge in [0.25, 0.3) is 5.91 Å². The van der Waals surface area contributed by atoms with Gasteiger partial charge in [0.1, 0.15) is 11.5 Å². The average Bonchev–Trinajstić information content (AvgIpc) is 2.80. The molecule has 1 saturated heterocycles. The maximum atomic E-state index is 13.5. The molecule has 0 bridgehead atoms. The van der Waals surface area contributed by atoms with Gasteiger partial charge in [0.15, 0.2) is 6.10 Å². The first-order valence-corrected chi connectivity index (χ1v) is 12.6. The molecule has 2 heterocycles. The zero-order valence-electron chi connectivity index (χ0n) is 19.7. The van der Waals surface area contributed by atoms with E-state index in [0.717, 1.165) is 5.56 Å². The minimum Gasteiger partial charge on any atom is -0.495 e. The van der Waals surface area contributed by atoms with Gasteiger partial charge in [-0.3, -0.25) is 9.59 Å². The van der Waals surface area contributed by atoms with Crippen molar-refractivity contribution in [2.75, 3.05) is 30.8 Å². The number of nitrogens with one attached hydrogen (secondary N) is 2. The number of carbonyl (C=O) groups is 2. The number of piperidine rings is 1. The van der Waals surface area contributed by atoms with Gasteiger partial charge in [-0.15, -0.1) is 0 Å². The number of sulfonamides is 1. The number of hydrogen-bond acceptors (Lipinski definition) is 6. The Kier molecular flexibility index (Phi) is 6.55. The molecule has 2 N–H and O–H groups in total. The van der Waals surface area contributed by atoms with Gasteiger partial charge >= 0.3 is 0 Å². The number of carbonyl (C=O) groups excluding carboxylic acids is 2. The fourth-order valence-electron chi connectivity index (χ4n) is 4.29. The fraction of sp³-hybridized carbons (Fsp3) is 0.417. The smallest absolute Gasteiger partial charge is 0.265 e. The predicted molar refractivity (Wildman–Crippen MR) is 128 cm³/mol. The summed E-state index contributed by atoms with van der Waals surface area (Å²) in [5.41, 5.74) is 2.47. The molecule has 2 unspecified atom stereocenters. The summed E-state index contributed by atoms with van der Waals surface area (Å²) >= 11 is 0. The Bertz CT molecular complexity index is 1240. The second-order valence-electron chi connectivity index (χ2n) is 8.76. The van der Waals surface area contributed by atoms with Crippen LogP contribution in [0.25, 0.3) is 0 Å². The zero-order chi connectivity index (χ0) is 24.6. The number of nitrogens with zero attached hydrogens (tertiary/aromatic N) is 1. The summed E-state index contributed by atoms with van der Waals surface area (Å²) in [6, 6.07) is 8.55. The molecule has 2 aromatic carbocycles. The van der Waals surface area contributed by atoms with Crippen LogP contribution in [0, 0.1) is 19.8 Å². The van der Waals surface area contributed by atoms with Crippen molar-refractivity contribution < 1.29 is 27.5 Å². The number of rotatable bonds is 5. The number of aryl methyl sites for hydroxylation is 2. The quantitative estimate of drug-likeness (QED) is 0.670. The molecule has 2 aliphatic rings. The van der Waals surface area contributed by atoms with Crippen LogP contribution >= 0.6 is 0 Å². The van der Waals surface area contributed by atoms with E-state index in [2.05, 4.69) is 10.6 Å². The molecule has 0 saturated carbocycles. The molecule has 1 fully saturated rings. The third kappa shape index (κ3) is 4.60. The Balaban J connectivity index is 1.55. The SMILES string of the molecule is COc1ccc(C)cc1NC(=O)C1CCCN(S(=O)(=O)c2cc3c(cc2C)NC(=O)C(C)O3)C1. The Morgan fingerprint density at radius 2 is 2.00 bits per heavy atom. The normalized spacial score (nSPS) is 20.6. The molecular weight excluding hydrogens is 458 g/mol. The van der Waals surface area contributed by atoms with E-state index >= 15 is 0 Å². The standard InChI is InChI=1S/C24H29N3O6S/c1-14-7-8-20(32-4)18(10-14)26-24(29)17-6-5-9-27(13-17)34(30,31)22-12-21-19(11-15(22)2)25-23(28)16(3)33-21/h7-8,10-12,16-17H,5-6,9,13H2,1-4H3,(H,25,28)(H,26,29). The summed E-state index contributed by atoms with van der Waals surface area (Å²) in [6.07, 6.45) is 0.435.